The minimum absolute atomic E-state index is 0. The molecule has 0 bridgehead atoms. The number of carbonyl (C=O) groups excluding carboxylic acids is 1. The summed E-state index contributed by atoms with van der Waals surface area (Å²) in [4.78, 5) is 14.8. The third-order valence-electron chi connectivity index (χ3n) is 5.47. The lowest BCUT2D eigenvalue weighted by atomic mass is 9.99. The van der Waals surface area contributed by atoms with Crippen LogP contribution in [0.4, 0.5) is 0 Å². The molecule has 1 aliphatic heterocycles. The van der Waals surface area contributed by atoms with Crippen LogP contribution >= 0.6 is 36.4 Å². The van der Waals surface area contributed by atoms with Gasteiger partial charge in [-0.3, -0.25) is 9.69 Å². The average Bonchev–Trinajstić information content (AvgIpc) is 3.21. The molecule has 1 saturated carbocycles. The molecule has 4 nitrogen and oxygen atoms in total. The zero-order chi connectivity index (χ0) is 16.9. The van der Waals surface area contributed by atoms with Crippen molar-refractivity contribution in [2.24, 2.45) is 11.7 Å². The number of likely N-dealkylation sites (tertiary alicyclic amines) is 1. The smallest absolute Gasteiger partial charge is 0.220 e. The van der Waals surface area contributed by atoms with Crippen LogP contribution in [0.3, 0.4) is 0 Å². The predicted octanol–water partition coefficient (Wildman–Crippen LogP) is 3.95. The Balaban J connectivity index is 0.00000169. The van der Waals surface area contributed by atoms with Gasteiger partial charge in [-0.25, -0.2) is 0 Å². The fourth-order valence-electron chi connectivity index (χ4n) is 4.06. The lowest BCUT2D eigenvalue weighted by Gasteiger charge is -2.28. The van der Waals surface area contributed by atoms with Crippen molar-refractivity contribution in [3.05, 3.63) is 34.9 Å². The molecule has 2 aliphatic rings. The van der Waals surface area contributed by atoms with Crippen LogP contribution in [0, 0.1) is 5.92 Å². The van der Waals surface area contributed by atoms with Crippen molar-refractivity contribution in [1.82, 2.24) is 10.2 Å². The summed E-state index contributed by atoms with van der Waals surface area (Å²) in [7, 11) is 0. The van der Waals surface area contributed by atoms with Crippen molar-refractivity contribution in [1.29, 1.82) is 0 Å². The molecule has 1 aliphatic carbocycles. The number of benzene rings is 1. The van der Waals surface area contributed by atoms with Gasteiger partial charge in [0.05, 0.1) is 6.04 Å². The summed E-state index contributed by atoms with van der Waals surface area (Å²) < 4.78 is 0. The normalized spacial score (nSPS) is 23.8. The summed E-state index contributed by atoms with van der Waals surface area (Å²) in [6.45, 7) is 2.81. The van der Waals surface area contributed by atoms with Gasteiger partial charge in [0.25, 0.3) is 0 Å². The number of halogens is 3. The van der Waals surface area contributed by atoms with Crippen molar-refractivity contribution in [2.75, 3.05) is 19.6 Å². The Labute approximate surface area is 174 Å². The van der Waals surface area contributed by atoms with Gasteiger partial charge >= 0.3 is 0 Å². The van der Waals surface area contributed by atoms with Crippen molar-refractivity contribution >= 4 is 42.3 Å². The van der Waals surface area contributed by atoms with Crippen molar-refractivity contribution in [3.8, 4) is 0 Å². The number of carbonyl (C=O) groups is 1. The van der Waals surface area contributed by atoms with E-state index in [4.69, 9.17) is 17.3 Å². The monoisotopic (exact) mass is 421 g/mol. The molecule has 1 heterocycles. The summed E-state index contributed by atoms with van der Waals surface area (Å²) in [5.74, 6) is 0.477. The van der Waals surface area contributed by atoms with Gasteiger partial charge in [0, 0.05) is 24.0 Å². The molecule has 1 unspecified atom stereocenters. The fraction of sp³-hybridized carbons (Fsp3) is 0.632. The van der Waals surface area contributed by atoms with Gasteiger partial charge in [-0.05, 0) is 62.4 Å². The molecule has 2 fully saturated rings. The van der Waals surface area contributed by atoms with Crippen LogP contribution in [0.2, 0.25) is 5.02 Å². The Kier molecular flexibility index (Phi) is 10.3. The van der Waals surface area contributed by atoms with E-state index in [1.165, 1.54) is 18.4 Å². The third-order valence-corrected chi connectivity index (χ3v) is 5.71. The van der Waals surface area contributed by atoms with E-state index in [1.54, 1.807) is 0 Å². The first-order valence-corrected chi connectivity index (χ1v) is 9.53. The highest BCUT2D eigenvalue weighted by Gasteiger charge is 2.27. The number of nitrogens with two attached hydrogens (primary N) is 1. The van der Waals surface area contributed by atoms with E-state index in [2.05, 4.69) is 16.3 Å². The SMILES string of the molecule is Cl.Cl.N[C@@H]1CCC[C@H]1CC(=O)NCC(c1cccc(Cl)c1)N1CCCC1. The third kappa shape index (κ3) is 6.28. The maximum absolute atomic E-state index is 12.4. The lowest BCUT2D eigenvalue weighted by molar-refractivity contribution is -0.122. The van der Waals surface area contributed by atoms with E-state index in [-0.39, 0.29) is 42.8 Å². The highest BCUT2D eigenvalue weighted by molar-refractivity contribution is 6.30. The molecule has 1 amide bonds. The maximum atomic E-state index is 12.4. The summed E-state index contributed by atoms with van der Waals surface area (Å²) in [5, 5.41) is 3.90. The van der Waals surface area contributed by atoms with Crippen LogP contribution in [-0.4, -0.2) is 36.5 Å². The topological polar surface area (TPSA) is 58.4 Å². The highest BCUT2D eigenvalue weighted by Crippen LogP contribution is 2.28. The highest BCUT2D eigenvalue weighted by atomic mass is 35.5. The minimum Gasteiger partial charge on any atom is -0.354 e. The zero-order valence-electron chi connectivity index (χ0n) is 15.0. The number of nitrogens with one attached hydrogen (secondary N) is 1. The van der Waals surface area contributed by atoms with E-state index in [0.29, 0.717) is 18.9 Å². The van der Waals surface area contributed by atoms with Gasteiger partial charge in [0.2, 0.25) is 5.91 Å². The maximum Gasteiger partial charge on any atom is 0.220 e. The van der Waals surface area contributed by atoms with Crippen LogP contribution < -0.4 is 11.1 Å². The molecule has 148 valence electrons. The molecule has 0 aromatic heterocycles. The van der Waals surface area contributed by atoms with Gasteiger partial charge in [0.1, 0.15) is 0 Å². The van der Waals surface area contributed by atoms with Gasteiger partial charge in [0.15, 0.2) is 0 Å². The first-order valence-electron chi connectivity index (χ1n) is 9.15. The molecule has 1 aromatic rings. The van der Waals surface area contributed by atoms with E-state index >= 15 is 0 Å². The molecule has 0 spiro atoms. The molecule has 3 rings (SSSR count). The predicted molar refractivity (Wildman–Crippen MR) is 112 cm³/mol. The number of amides is 1. The second-order valence-corrected chi connectivity index (χ2v) is 7.61. The number of nitrogens with zero attached hydrogens (tertiary/aromatic N) is 1. The molecule has 3 atom stereocenters. The Hall–Kier alpha value is -0.520. The Bertz CT molecular complexity index is 567. The van der Waals surface area contributed by atoms with Crippen LogP contribution in [-0.2, 0) is 4.79 Å². The largest absolute Gasteiger partial charge is 0.354 e. The molecule has 26 heavy (non-hydrogen) atoms. The summed E-state index contributed by atoms with van der Waals surface area (Å²) in [5.41, 5.74) is 7.27. The van der Waals surface area contributed by atoms with E-state index < -0.39 is 0 Å². The number of hydrogen-bond donors (Lipinski definition) is 2. The first kappa shape index (κ1) is 23.5. The standard InChI is InChI=1S/C19H28ClN3O.2ClH/c20-16-7-3-6-15(11-16)18(23-9-1-2-10-23)13-22-19(24)12-14-5-4-8-17(14)21;;/h3,6-7,11,14,17-18H,1-2,4-5,8-10,12-13,21H2,(H,22,24);2*1H/t14-,17+,18?;;/m0../s1. The molecule has 1 saturated heterocycles. The Morgan fingerprint density at radius 3 is 2.58 bits per heavy atom. The minimum atomic E-state index is 0. The molecular formula is C19H30Cl3N3O. The molecule has 7 heteroatoms. The fourth-order valence-corrected chi connectivity index (χ4v) is 4.26. The average molecular weight is 423 g/mol. The molecule has 0 radical (unpaired) electrons. The second kappa shape index (κ2) is 11.4. The van der Waals surface area contributed by atoms with E-state index in [0.717, 1.165) is 37.4 Å². The van der Waals surface area contributed by atoms with Crippen LogP contribution in [0.25, 0.3) is 0 Å². The second-order valence-electron chi connectivity index (χ2n) is 7.18. The molecule has 1 aromatic carbocycles. The van der Waals surface area contributed by atoms with Crippen molar-refractivity contribution < 1.29 is 4.79 Å². The summed E-state index contributed by atoms with van der Waals surface area (Å²) in [6.07, 6.45) is 6.29. The van der Waals surface area contributed by atoms with E-state index in [1.807, 2.05) is 18.2 Å². The van der Waals surface area contributed by atoms with Gasteiger partial charge < -0.3 is 11.1 Å². The van der Waals surface area contributed by atoms with E-state index in [9.17, 15) is 4.79 Å². The Morgan fingerprint density at radius 2 is 1.96 bits per heavy atom. The first-order chi connectivity index (χ1) is 11.6. The molecule has 3 N–H and O–H groups in total. The summed E-state index contributed by atoms with van der Waals surface area (Å²) in [6, 6.07) is 8.40. The van der Waals surface area contributed by atoms with Crippen molar-refractivity contribution in [3.63, 3.8) is 0 Å². The summed E-state index contributed by atoms with van der Waals surface area (Å²) >= 11 is 6.17. The van der Waals surface area contributed by atoms with Gasteiger partial charge in [-0.1, -0.05) is 30.2 Å². The Morgan fingerprint density at radius 1 is 1.23 bits per heavy atom. The van der Waals surface area contributed by atoms with Gasteiger partial charge in [-0.15, -0.1) is 24.8 Å². The molecular weight excluding hydrogens is 393 g/mol. The quantitative estimate of drug-likeness (QED) is 0.729. The lowest BCUT2D eigenvalue weighted by Crippen LogP contribution is -2.38. The van der Waals surface area contributed by atoms with Crippen LogP contribution in [0.15, 0.2) is 24.3 Å². The van der Waals surface area contributed by atoms with Crippen molar-refractivity contribution in [2.45, 2.75) is 50.6 Å². The zero-order valence-corrected chi connectivity index (χ0v) is 17.4. The van der Waals surface area contributed by atoms with Crippen LogP contribution in [0.5, 0.6) is 0 Å². The van der Waals surface area contributed by atoms with Gasteiger partial charge in [-0.2, -0.15) is 0 Å². The van der Waals surface area contributed by atoms with Crippen LogP contribution in [0.1, 0.15) is 50.1 Å². The number of rotatable bonds is 6. The number of hydrogen-bond acceptors (Lipinski definition) is 3.